The number of carboxylic acid groups (broad SMARTS) is 1. The van der Waals surface area contributed by atoms with Gasteiger partial charge in [-0.2, -0.15) is 0 Å². The van der Waals surface area contributed by atoms with E-state index in [9.17, 15) is 14.0 Å². The quantitative estimate of drug-likeness (QED) is 0.885. The van der Waals surface area contributed by atoms with Crippen LogP contribution in [0, 0.1) is 17.7 Å². The van der Waals surface area contributed by atoms with E-state index in [-0.39, 0.29) is 30.9 Å². The molecule has 1 aliphatic rings. The standard InChI is InChI=1S/C14H17FN2O3/c1-9-7-17(8-11(9)13(18)19)14(20)16-6-10-4-2-3-5-12(10)15/h2-5,9,11H,6-8H2,1H3,(H,16,20)(H,18,19)/t9-,11-/m1/s1. The number of carbonyl (C=O) groups excluding carboxylic acids is 1. The molecule has 5 nitrogen and oxygen atoms in total. The topological polar surface area (TPSA) is 69.6 Å². The molecule has 6 heteroatoms. The Labute approximate surface area is 116 Å². The molecule has 0 spiro atoms. The van der Waals surface area contributed by atoms with Crippen molar-refractivity contribution >= 4 is 12.0 Å². The van der Waals surface area contributed by atoms with Crippen LogP contribution in [-0.4, -0.2) is 35.1 Å². The maximum atomic E-state index is 13.4. The van der Waals surface area contributed by atoms with Crippen molar-refractivity contribution < 1.29 is 19.1 Å². The highest BCUT2D eigenvalue weighted by molar-refractivity contribution is 5.77. The van der Waals surface area contributed by atoms with E-state index in [0.717, 1.165) is 0 Å². The first-order valence-corrected chi connectivity index (χ1v) is 6.48. The lowest BCUT2D eigenvalue weighted by Crippen LogP contribution is -2.38. The number of nitrogens with zero attached hydrogens (tertiary/aromatic N) is 1. The van der Waals surface area contributed by atoms with Gasteiger partial charge in [-0.3, -0.25) is 4.79 Å². The van der Waals surface area contributed by atoms with E-state index in [4.69, 9.17) is 5.11 Å². The fourth-order valence-corrected chi connectivity index (χ4v) is 2.38. The van der Waals surface area contributed by atoms with E-state index < -0.39 is 11.9 Å². The van der Waals surface area contributed by atoms with Crippen LogP contribution >= 0.6 is 0 Å². The number of hydrogen-bond donors (Lipinski definition) is 2. The number of halogens is 1. The summed E-state index contributed by atoms with van der Waals surface area (Å²) in [5.74, 6) is -1.87. The Morgan fingerprint density at radius 2 is 2.10 bits per heavy atom. The molecule has 0 aliphatic carbocycles. The Kier molecular flexibility index (Phi) is 4.22. The third-order valence-electron chi connectivity index (χ3n) is 3.60. The van der Waals surface area contributed by atoms with Crippen LogP contribution in [0.2, 0.25) is 0 Å². The molecule has 1 aliphatic heterocycles. The second kappa shape index (κ2) is 5.90. The van der Waals surface area contributed by atoms with Crippen LogP contribution in [-0.2, 0) is 11.3 Å². The molecule has 2 N–H and O–H groups in total. The molecule has 2 amide bonds. The predicted octanol–water partition coefficient (Wildman–Crippen LogP) is 1.69. The molecule has 20 heavy (non-hydrogen) atoms. The first-order valence-electron chi connectivity index (χ1n) is 6.48. The SMILES string of the molecule is C[C@@H]1CN(C(=O)NCc2ccccc2F)C[C@H]1C(=O)O. The van der Waals surface area contributed by atoms with Crippen LogP contribution in [0.1, 0.15) is 12.5 Å². The summed E-state index contributed by atoms with van der Waals surface area (Å²) in [6.45, 7) is 2.50. The predicted molar refractivity (Wildman–Crippen MR) is 70.5 cm³/mol. The number of aliphatic carboxylic acids is 1. The molecule has 0 unspecified atom stereocenters. The molecule has 1 saturated heterocycles. The lowest BCUT2D eigenvalue weighted by atomic mass is 9.99. The Balaban J connectivity index is 1.90. The largest absolute Gasteiger partial charge is 0.481 e. The van der Waals surface area contributed by atoms with Gasteiger partial charge in [-0.25, -0.2) is 9.18 Å². The number of carboxylic acids is 1. The van der Waals surface area contributed by atoms with Crippen LogP contribution in [0.25, 0.3) is 0 Å². The second-order valence-electron chi connectivity index (χ2n) is 5.08. The lowest BCUT2D eigenvalue weighted by molar-refractivity contribution is -0.142. The summed E-state index contributed by atoms with van der Waals surface area (Å²) in [6, 6.07) is 5.86. The number of carbonyl (C=O) groups is 2. The molecule has 1 aromatic carbocycles. The molecule has 0 radical (unpaired) electrons. The number of rotatable bonds is 3. The molecule has 2 atom stereocenters. The Morgan fingerprint density at radius 3 is 2.70 bits per heavy atom. The number of amides is 2. The van der Waals surface area contributed by atoms with E-state index in [0.29, 0.717) is 12.1 Å². The summed E-state index contributed by atoms with van der Waals surface area (Å²) in [7, 11) is 0. The first kappa shape index (κ1) is 14.3. The van der Waals surface area contributed by atoms with Gasteiger partial charge in [0, 0.05) is 25.2 Å². The number of hydrogen-bond acceptors (Lipinski definition) is 2. The van der Waals surface area contributed by atoms with Gasteiger partial charge in [-0.1, -0.05) is 25.1 Å². The Bertz CT molecular complexity index is 521. The van der Waals surface area contributed by atoms with Crippen molar-refractivity contribution in [1.82, 2.24) is 10.2 Å². The molecule has 0 saturated carbocycles. The van der Waals surface area contributed by atoms with Gasteiger partial charge in [-0.15, -0.1) is 0 Å². The van der Waals surface area contributed by atoms with E-state index in [1.807, 2.05) is 6.92 Å². The number of urea groups is 1. The van der Waals surface area contributed by atoms with Crippen molar-refractivity contribution in [2.24, 2.45) is 11.8 Å². The molecule has 0 aromatic heterocycles. The molecule has 0 bridgehead atoms. The number of likely N-dealkylation sites (tertiary alicyclic amines) is 1. The number of benzene rings is 1. The maximum Gasteiger partial charge on any atom is 0.317 e. The van der Waals surface area contributed by atoms with Crippen molar-refractivity contribution in [3.05, 3.63) is 35.6 Å². The molecular weight excluding hydrogens is 263 g/mol. The van der Waals surface area contributed by atoms with Crippen LogP contribution in [0.4, 0.5) is 9.18 Å². The zero-order valence-electron chi connectivity index (χ0n) is 11.2. The fourth-order valence-electron chi connectivity index (χ4n) is 2.38. The van der Waals surface area contributed by atoms with E-state index >= 15 is 0 Å². The third kappa shape index (κ3) is 3.07. The van der Waals surface area contributed by atoms with Gasteiger partial charge in [0.1, 0.15) is 5.82 Å². The monoisotopic (exact) mass is 280 g/mol. The molecule has 1 fully saturated rings. The molecule has 1 aromatic rings. The van der Waals surface area contributed by atoms with Crippen molar-refractivity contribution in [3.63, 3.8) is 0 Å². The zero-order valence-corrected chi connectivity index (χ0v) is 11.2. The van der Waals surface area contributed by atoms with Crippen molar-refractivity contribution in [1.29, 1.82) is 0 Å². The maximum absolute atomic E-state index is 13.4. The van der Waals surface area contributed by atoms with Crippen molar-refractivity contribution in [3.8, 4) is 0 Å². The summed E-state index contributed by atoms with van der Waals surface area (Å²) in [4.78, 5) is 24.4. The normalized spacial score (nSPS) is 21.8. The third-order valence-corrected chi connectivity index (χ3v) is 3.60. The Morgan fingerprint density at radius 1 is 1.40 bits per heavy atom. The van der Waals surface area contributed by atoms with Crippen LogP contribution in [0.15, 0.2) is 24.3 Å². The van der Waals surface area contributed by atoms with Gasteiger partial charge in [0.25, 0.3) is 0 Å². The molecular formula is C14H17FN2O3. The van der Waals surface area contributed by atoms with E-state index in [1.54, 1.807) is 18.2 Å². The lowest BCUT2D eigenvalue weighted by Gasteiger charge is -2.17. The Hall–Kier alpha value is -2.11. The zero-order chi connectivity index (χ0) is 14.7. The van der Waals surface area contributed by atoms with Crippen molar-refractivity contribution in [2.75, 3.05) is 13.1 Å². The summed E-state index contributed by atoms with van der Waals surface area (Å²) >= 11 is 0. The second-order valence-corrected chi connectivity index (χ2v) is 5.08. The van der Waals surface area contributed by atoms with Crippen LogP contribution in [0.5, 0.6) is 0 Å². The molecule has 108 valence electrons. The molecule has 2 rings (SSSR count). The average molecular weight is 280 g/mol. The summed E-state index contributed by atoms with van der Waals surface area (Å²) in [5.41, 5.74) is 0.405. The summed E-state index contributed by atoms with van der Waals surface area (Å²) < 4.78 is 13.4. The highest BCUT2D eigenvalue weighted by Gasteiger charge is 2.36. The summed E-state index contributed by atoms with van der Waals surface area (Å²) in [6.07, 6.45) is 0. The highest BCUT2D eigenvalue weighted by atomic mass is 19.1. The summed E-state index contributed by atoms with van der Waals surface area (Å²) in [5, 5.41) is 11.6. The highest BCUT2D eigenvalue weighted by Crippen LogP contribution is 2.23. The van der Waals surface area contributed by atoms with Gasteiger partial charge in [0.15, 0.2) is 0 Å². The van der Waals surface area contributed by atoms with Crippen molar-refractivity contribution in [2.45, 2.75) is 13.5 Å². The van der Waals surface area contributed by atoms with E-state index in [1.165, 1.54) is 11.0 Å². The smallest absolute Gasteiger partial charge is 0.317 e. The minimum absolute atomic E-state index is 0.0771. The number of nitrogens with one attached hydrogen (secondary N) is 1. The first-order chi connectivity index (χ1) is 9.49. The van der Waals surface area contributed by atoms with Crippen LogP contribution in [0.3, 0.4) is 0 Å². The minimum Gasteiger partial charge on any atom is -0.481 e. The molecule has 1 heterocycles. The van der Waals surface area contributed by atoms with Gasteiger partial charge >= 0.3 is 12.0 Å². The van der Waals surface area contributed by atoms with Gasteiger partial charge < -0.3 is 15.3 Å². The average Bonchev–Trinajstić information content (AvgIpc) is 2.80. The van der Waals surface area contributed by atoms with Gasteiger partial charge in [-0.05, 0) is 12.0 Å². The fraction of sp³-hybridized carbons (Fsp3) is 0.429. The van der Waals surface area contributed by atoms with E-state index in [2.05, 4.69) is 5.32 Å². The van der Waals surface area contributed by atoms with Gasteiger partial charge in [0.05, 0.1) is 5.92 Å². The minimum atomic E-state index is -0.887. The van der Waals surface area contributed by atoms with Gasteiger partial charge in [0.2, 0.25) is 0 Å². The van der Waals surface area contributed by atoms with Crippen LogP contribution < -0.4 is 5.32 Å².